The minimum absolute atomic E-state index is 1.01. The third kappa shape index (κ3) is 2.87. The van der Waals surface area contributed by atoms with Crippen LogP contribution in [0.25, 0.3) is 21.3 Å². The van der Waals surface area contributed by atoms with E-state index in [2.05, 4.69) is 70.8 Å². The van der Waals surface area contributed by atoms with Crippen LogP contribution < -0.4 is 0 Å². The molecule has 2 nitrogen and oxygen atoms in total. The maximum absolute atomic E-state index is 4.54. The van der Waals surface area contributed by atoms with E-state index in [1.54, 1.807) is 29.4 Å². The molecule has 0 atom stereocenters. The average Bonchev–Trinajstić information content (AvgIpc) is 3.03. The Kier molecular flexibility index (Phi) is 3.85. The lowest BCUT2D eigenvalue weighted by molar-refractivity contribution is 1.11. The Hall–Kier alpha value is -2.17. The molecule has 0 saturated carbocycles. The van der Waals surface area contributed by atoms with Gasteiger partial charge < -0.3 is 0 Å². The highest BCUT2D eigenvalue weighted by Crippen LogP contribution is 2.39. The largest absolute Gasteiger partial charge is 0.229 e. The molecule has 0 spiro atoms. The van der Waals surface area contributed by atoms with Crippen LogP contribution in [0.2, 0.25) is 0 Å². The molecule has 4 rings (SSSR count). The second-order valence-corrected chi connectivity index (χ2v) is 7.21. The lowest BCUT2D eigenvalue weighted by Gasteiger charge is -2.05. The fourth-order valence-electron chi connectivity index (χ4n) is 2.47. The molecule has 0 saturated heterocycles. The second-order valence-electron chi connectivity index (χ2n) is 5.29. The van der Waals surface area contributed by atoms with Crippen molar-refractivity contribution in [3.8, 4) is 11.1 Å². The van der Waals surface area contributed by atoms with Crippen LogP contribution in [0.1, 0.15) is 5.56 Å². The van der Waals surface area contributed by atoms with Gasteiger partial charge in [0.05, 0.1) is 5.39 Å². The molecular formula is C19H14N2S2. The third-order valence-corrected chi connectivity index (χ3v) is 5.55. The first-order valence-corrected chi connectivity index (χ1v) is 9.03. The Morgan fingerprint density at radius 1 is 0.913 bits per heavy atom. The van der Waals surface area contributed by atoms with E-state index in [0.717, 1.165) is 15.2 Å². The summed E-state index contributed by atoms with van der Waals surface area (Å²) in [7, 11) is 0. The first kappa shape index (κ1) is 14.4. The molecule has 2 heterocycles. The molecular weight excluding hydrogens is 320 g/mol. The quantitative estimate of drug-likeness (QED) is 0.442. The summed E-state index contributed by atoms with van der Waals surface area (Å²) in [5, 5.41) is 4.33. The topological polar surface area (TPSA) is 25.8 Å². The standard InChI is InChI=1S/C19H14N2S2/c1-13-7-9-15(10-8-13)23-19-17-16(14-5-3-2-4-6-14)11-22-18(17)20-12-21-19/h2-12H,1H3. The van der Waals surface area contributed by atoms with Crippen LogP contribution in [0.3, 0.4) is 0 Å². The number of benzene rings is 2. The number of hydrogen-bond acceptors (Lipinski definition) is 4. The van der Waals surface area contributed by atoms with Crippen LogP contribution in [-0.2, 0) is 0 Å². The summed E-state index contributed by atoms with van der Waals surface area (Å²) >= 11 is 3.37. The molecule has 0 aliphatic carbocycles. The lowest BCUT2D eigenvalue weighted by atomic mass is 10.1. The van der Waals surface area contributed by atoms with Crippen LogP contribution in [0.4, 0.5) is 0 Å². The van der Waals surface area contributed by atoms with Gasteiger partial charge in [0.1, 0.15) is 16.2 Å². The number of hydrogen-bond donors (Lipinski definition) is 0. The van der Waals surface area contributed by atoms with Gasteiger partial charge in [-0.2, -0.15) is 0 Å². The van der Waals surface area contributed by atoms with Crippen molar-refractivity contribution in [2.75, 3.05) is 0 Å². The zero-order valence-corrected chi connectivity index (χ0v) is 14.2. The first-order valence-electron chi connectivity index (χ1n) is 7.33. The molecule has 2 aromatic heterocycles. The minimum atomic E-state index is 1.01. The van der Waals surface area contributed by atoms with Crippen LogP contribution in [0.15, 0.2) is 76.2 Å². The van der Waals surface area contributed by atoms with Gasteiger partial charge in [-0.1, -0.05) is 59.8 Å². The van der Waals surface area contributed by atoms with E-state index < -0.39 is 0 Å². The Morgan fingerprint density at radius 3 is 2.48 bits per heavy atom. The monoisotopic (exact) mass is 334 g/mol. The SMILES string of the molecule is Cc1ccc(Sc2ncnc3scc(-c4ccccc4)c23)cc1. The molecule has 0 amide bonds. The van der Waals surface area contributed by atoms with Gasteiger partial charge in [-0.3, -0.25) is 0 Å². The van der Waals surface area contributed by atoms with E-state index >= 15 is 0 Å². The van der Waals surface area contributed by atoms with E-state index in [1.165, 1.54) is 21.6 Å². The summed E-state index contributed by atoms with van der Waals surface area (Å²) in [5.74, 6) is 0. The number of thiophene rings is 1. The molecule has 0 fully saturated rings. The molecule has 0 bridgehead atoms. The Morgan fingerprint density at radius 2 is 1.70 bits per heavy atom. The number of rotatable bonds is 3. The van der Waals surface area contributed by atoms with E-state index in [-0.39, 0.29) is 0 Å². The Bertz CT molecular complexity index is 944. The summed E-state index contributed by atoms with van der Waals surface area (Å²) < 4.78 is 0. The maximum Gasteiger partial charge on any atom is 0.128 e. The summed E-state index contributed by atoms with van der Waals surface area (Å²) in [4.78, 5) is 11.2. The number of aromatic nitrogens is 2. The molecule has 4 heteroatoms. The van der Waals surface area contributed by atoms with Crippen LogP contribution >= 0.6 is 23.1 Å². The van der Waals surface area contributed by atoms with Crippen molar-refractivity contribution in [3.05, 3.63) is 71.9 Å². The summed E-state index contributed by atoms with van der Waals surface area (Å²) in [6, 6.07) is 19.0. The zero-order valence-electron chi connectivity index (χ0n) is 12.6. The summed E-state index contributed by atoms with van der Waals surface area (Å²) in [5.41, 5.74) is 3.68. The summed E-state index contributed by atoms with van der Waals surface area (Å²) in [6.07, 6.45) is 1.66. The maximum atomic E-state index is 4.54. The molecule has 0 aliphatic heterocycles. The number of aryl methyl sites for hydroxylation is 1. The van der Waals surface area contributed by atoms with Gasteiger partial charge in [0.2, 0.25) is 0 Å². The fraction of sp³-hybridized carbons (Fsp3) is 0.0526. The third-order valence-electron chi connectivity index (χ3n) is 3.66. The lowest BCUT2D eigenvalue weighted by Crippen LogP contribution is -1.86. The molecule has 4 aromatic rings. The second kappa shape index (κ2) is 6.14. The van der Waals surface area contributed by atoms with Crippen molar-refractivity contribution in [1.82, 2.24) is 9.97 Å². The van der Waals surface area contributed by atoms with Crippen LogP contribution in [0.5, 0.6) is 0 Å². The van der Waals surface area contributed by atoms with E-state index in [4.69, 9.17) is 0 Å². The van der Waals surface area contributed by atoms with Gasteiger partial charge in [0.15, 0.2) is 0 Å². The summed E-state index contributed by atoms with van der Waals surface area (Å²) in [6.45, 7) is 2.10. The number of nitrogens with zero attached hydrogens (tertiary/aromatic N) is 2. The van der Waals surface area contributed by atoms with Gasteiger partial charge in [-0.15, -0.1) is 11.3 Å². The van der Waals surface area contributed by atoms with Crippen molar-refractivity contribution in [2.24, 2.45) is 0 Å². The van der Waals surface area contributed by atoms with Crippen LogP contribution in [0, 0.1) is 6.92 Å². The number of fused-ring (bicyclic) bond motifs is 1. The highest BCUT2D eigenvalue weighted by atomic mass is 32.2. The average molecular weight is 334 g/mol. The van der Waals surface area contributed by atoms with E-state index in [0.29, 0.717) is 0 Å². The van der Waals surface area contributed by atoms with Gasteiger partial charge in [-0.05, 0) is 24.6 Å². The van der Waals surface area contributed by atoms with E-state index in [9.17, 15) is 0 Å². The van der Waals surface area contributed by atoms with Gasteiger partial charge in [-0.25, -0.2) is 9.97 Å². The zero-order chi connectivity index (χ0) is 15.6. The van der Waals surface area contributed by atoms with Gasteiger partial charge in [0.25, 0.3) is 0 Å². The van der Waals surface area contributed by atoms with Crippen molar-refractivity contribution < 1.29 is 0 Å². The molecule has 112 valence electrons. The molecule has 0 N–H and O–H groups in total. The van der Waals surface area contributed by atoms with Crippen molar-refractivity contribution in [2.45, 2.75) is 16.8 Å². The highest BCUT2D eigenvalue weighted by Gasteiger charge is 2.13. The Balaban J connectivity index is 1.83. The van der Waals surface area contributed by atoms with E-state index in [1.807, 2.05) is 6.07 Å². The highest BCUT2D eigenvalue weighted by molar-refractivity contribution is 7.99. The van der Waals surface area contributed by atoms with Crippen molar-refractivity contribution >= 4 is 33.3 Å². The molecule has 0 aliphatic rings. The normalized spacial score (nSPS) is 11.0. The van der Waals surface area contributed by atoms with Crippen LogP contribution in [-0.4, -0.2) is 9.97 Å². The first-order chi connectivity index (χ1) is 11.3. The predicted octanol–water partition coefficient (Wildman–Crippen LogP) is 5.82. The van der Waals surface area contributed by atoms with Crippen molar-refractivity contribution in [1.29, 1.82) is 0 Å². The van der Waals surface area contributed by atoms with Gasteiger partial charge in [0, 0.05) is 15.8 Å². The van der Waals surface area contributed by atoms with Gasteiger partial charge >= 0.3 is 0 Å². The minimum Gasteiger partial charge on any atom is -0.229 e. The smallest absolute Gasteiger partial charge is 0.128 e. The molecule has 23 heavy (non-hydrogen) atoms. The molecule has 2 aromatic carbocycles. The fourth-order valence-corrected chi connectivity index (χ4v) is 4.36. The molecule has 0 unspecified atom stereocenters. The molecule has 0 radical (unpaired) electrons. The van der Waals surface area contributed by atoms with Crippen molar-refractivity contribution in [3.63, 3.8) is 0 Å². The Labute approximate surface area is 143 Å². The predicted molar refractivity (Wildman–Crippen MR) is 98.2 cm³/mol.